The molecule has 0 saturated carbocycles. The second kappa shape index (κ2) is 10.5. The van der Waals surface area contributed by atoms with Crippen molar-refractivity contribution in [1.29, 1.82) is 0 Å². The number of rotatable bonds is 2. The average molecular weight is 430 g/mol. The summed E-state index contributed by atoms with van der Waals surface area (Å²) >= 11 is 1.29. The van der Waals surface area contributed by atoms with Gasteiger partial charge in [0.25, 0.3) is 5.56 Å². The van der Waals surface area contributed by atoms with Gasteiger partial charge in [-0.05, 0) is 18.1 Å². The van der Waals surface area contributed by atoms with E-state index in [4.69, 9.17) is 6.42 Å². The van der Waals surface area contributed by atoms with Crippen molar-refractivity contribution in [2.75, 3.05) is 0 Å². The van der Waals surface area contributed by atoms with E-state index >= 15 is 0 Å². The topological polar surface area (TPSA) is 55.1 Å². The first-order chi connectivity index (χ1) is 11.1. The molecule has 0 atom stereocenters. The van der Waals surface area contributed by atoms with E-state index in [1.54, 1.807) is 5.51 Å². The van der Waals surface area contributed by atoms with Gasteiger partial charge in [-0.25, -0.2) is 4.98 Å². The second-order valence-corrected chi connectivity index (χ2v) is 5.47. The van der Waals surface area contributed by atoms with Crippen LogP contribution in [0.1, 0.15) is 19.4 Å². The molecule has 0 bridgehead atoms. The molecular weight excluding hydrogens is 409 g/mol. The van der Waals surface area contributed by atoms with Crippen LogP contribution in [0.4, 0.5) is 0 Å². The third-order valence-corrected chi connectivity index (χ3v) is 4.23. The summed E-state index contributed by atoms with van der Waals surface area (Å²) in [4.78, 5) is 17.5. The van der Waals surface area contributed by atoms with Gasteiger partial charge in [0.1, 0.15) is 10.3 Å². The quantitative estimate of drug-likeness (QED) is 0.489. The van der Waals surface area contributed by atoms with Gasteiger partial charge in [-0.3, -0.25) is 9.36 Å². The van der Waals surface area contributed by atoms with Gasteiger partial charge in [0.15, 0.2) is 5.75 Å². The summed E-state index contributed by atoms with van der Waals surface area (Å²) < 4.78 is 1.48. The van der Waals surface area contributed by atoms with Crippen molar-refractivity contribution in [3.63, 3.8) is 0 Å². The fourth-order valence-corrected chi connectivity index (χ4v) is 3.17. The molecule has 0 saturated heterocycles. The Hall–Kier alpha value is -1.48. The van der Waals surface area contributed by atoms with Crippen LogP contribution in [0.2, 0.25) is 0 Å². The molecule has 6 heteroatoms. The van der Waals surface area contributed by atoms with Crippen LogP contribution < -0.4 is 5.56 Å². The molecule has 0 unspecified atom stereocenters. The number of thiazole rings is 1. The van der Waals surface area contributed by atoms with Crippen LogP contribution in [0.5, 0.6) is 5.75 Å². The van der Waals surface area contributed by atoms with E-state index in [9.17, 15) is 9.90 Å². The number of aromatic nitrogens is 2. The summed E-state index contributed by atoms with van der Waals surface area (Å²) in [5.74, 6) is 2.40. The summed E-state index contributed by atoms with van der Waals surface area (Å²) in [7, 11) is 0. The molecule has 0 amide bonds. The van der Waals surface area contributed by atoms with E-state index in [0.29, 0.717) is 15.9 Å². The number of hydrogen-bond acceptors (Lipinski definition) is 4. The summed E-state index contributed by atoms with van der Waals surface area (Å²) in [5.41, 5.74) is 3.57. The molecular formula is C19H21N2O2SY-. The van der Waals surface area contributed by atoms with E-state index in [1.807, 2.05) is 45.0 Å². The summed E-state index contributed by atoms with van der Waals surface area (Å²) in [5, 5.41) is 10.5. The van der Waals surface area contributed by atoms with Crippen LogP contribution in [0.3, 0.4) is 0 Å². The van der Waals surface area contributed by atoms with E-state index in [-0.39, 0.29) is 63.6 Å². The largest absolute Gasteiger partial charge is 0.505 e. The first kappa shape index (κ1) is 23.5. The van der Waals surface area contributed by atoms with Crippen molar-refractivity contribution in [2.45, 2.75) is 27.3 Å². The standard InChI is InChI=1S/C16H12N2O2S.C2H6.CH3.Y/c1-3-8-18-15(20)12(11-7-5-4-6-10(11)2)14(19)13-16(18)21-9-17-13;1-2;;/h1,4-7,9,19H,8H2,2H3;1-2H3;1H3;/q;;-1;. The minimum atomic E-state index is -0.295. The third kappa shape index (κ3) is 4.38. The van der Waals surface area contributed by atoms with Crippen molar-refractivity contribution in [1.82, 2.24) is 9.55 Å². The van der Waals surface area contributed by atoms with Gasteiger partial charge in [0.2, 0.25) is 0 Å². The first-order valence-electron chi connectivity index (χ1n) is 7.33. The van der Waals surface area contributed by atoms with E-state index in [0.717, 1.165) is 5.56 Å². The smallest absolute Gasteiger partial charge is 0.264 e. The van der Waals surface area contributed by atoms with Gasteiger partial charge in [-0.15, -0.1) is 17.8 Å². The number of terminal acetylenes is 1. The average Bonchev–Trinajstić information content (AvgIpc) is 3.05. The maximum absolute atomic E-state index is 12.7. The summed E-state index contributed by atoms with van der Waals surface area (Å²) in [6.07, 6.45) is 5.36. The zero-order valence-electron chi connectivity index (χ0n) is 14.9. The predicted octanol–water partition coefficient (Wildman–Crippen LogP) is 4.25. The molecule has 129 valence electrons. The Morgan fingerprint density at radius 3 is 2.56 bits per heavy atom. The molecule has 1 aromatic carbocycles. The van der Waals surface area contributed by atoms with Crippen LogP contribution in [-0.2, 0) is 39.3 Å². The molecule has 3 aromatic rings. The molecule has 3 rings (SSSR count). The molecule has 2 heterocycles. The number of pyridine rings is 1. The minimum Gasteiger partial charge on any atom is -0.505 e. The second-order valence-electron chi connectivity index (χ2n) is 4.64. The molecule has 0 fully saturated rings. The molecule has 1 radical (unpaired) electrons. The number of nitrogens with zero attached hydrogens (tertiary/aromatic N) is 2. The Bertz CT molecular complexity index is 939. The SMILES string of the molecule is C#CCn1c(=O)c(-c2ccccc2C)c(O)c2ncsc21.CC.[CH3-].[Y]. The van der Waals surface area contributed by atoms with Crippen LogP contribution in [0, 0.1) is 26.7 Å². The Labute approximate surface area is 177 Å². The minimum absolute atomic E-state index is 0. The maximum Gasteiger partial charge on any atom is 0.264 e. The maximum atomic E-state index is 12.7. The summed E-state index contributed by atoms with van der Waals surface area (Å²) in [6, 6.07) is 7.42. The van der Waals surface area contributed by atoms with Gasteiger partial charge >= 0.3 is 0 Å². The van der Waals surface area contributed by atoms with Crippen molar-refractivity contribution >= 4 is 21.7 Å². The molecule has 0 spiro atoms. The van der Waals surface area contributed by atoms with Gasteiger partial charge in [-0.2, -0.15) is 0 Å². The molecule has 25 heavy (non-hydrogen) atoms. The van der Waals surface area contributed by atoms with Gasteiger partial charge in [0.05, 0.1) is 17.6 Å². The predicted molar refractivity (Wildman–Crippen MR) is 102 cm³/mol. The van der Waals surface area contributed by atoms with Crippen LogP contribution in [-0.4, -0.2) is 14.7 Å². The fourth-order valence-electron chi connectivity index (χ4n) is 2.37. The van der Waals surface area contributed by atoms with E-state index in [2.05, 4.69) is 10.9 Å². The van der Waals surface area contributed by atoms with E-state index in [1.165, 1.54) is 15.9 Å². The molecule has 4 nitrogen and oxygen atoms in total. The number of aromatic hydroxyl groups is 1. The van der Waals surface area contributed by atoms with Crippen molar-refractivity contribution < 1.29 is 37.8 Å². The fraction of sp³-hybridized carbons (Fsp3) is 0.211. The van der Waals surface area contributed by atoms with Crippen LogP contribution in [0.15, 0.2) is 34.6 Å². The zero-order valence-corrected chi connectivity index (χ0v) is 18.6. The Morgan fingerprint density at radius 1 is 1.32 bits per heavy atom. The third-order valence-electron chi connectivity index (χ3n) is 3.38. The van der Waals surface area contributed by atoms with Crippen molar-refractivity contribution in [3.05, 3.63) is 53.1 Å². The van der Waals surface area contributed by atoms with Crippen LogP contribution in [0.25, 0.3) is 21.5 Å². The monoisotopic (exact) mass is 430 g/mol. The molecule has 0 aliphatic carbocycles. The number of benzene rings is 1. The van der Waals surface area contributed by atoms with Crippen molar-refractivity contribution in [3.8, 4) is 29.2 Å². The zero-order chi connectivity index (χ0) is 17.0. The molecule has 2 aromatic heterocycles. The Morgan fingerprint density at radius 2 is 1.96 bits per heavy atom. The Kier molecular flexibility index (Phi) is 9.88. The van der Waals surface area contributed by atoms with Crippen LogP contribution >= 0.6 is 11.3 Å². The number of hydrogen-bond donors (Lipinski definition) is 1. The molecule has 0 aliphatic rings. The number of fused-ring (bicyclic) bond motifs is 1. The van der Waals surface area contributed by atoms with Gasteiger partial charge < -0.3 is 12.5 Å². The van der Waals surface area contributed by atoms with E-state index < -0.39 is 0 Å². The molecule has 0 aliphatic heterocycles. The normalized spacial score (nSPS) is 9.20. The molecule has 1 N–H and O–H groups in total. The van der Waals surface area contributed by atoms with Gasteiger partial charge in [-0.1, -0.05) is 44.0 Å². The number of aryl methyl sites for hydroxylation is 1. The first-order valence-corrected chi connectivity index (χ1v) is 8.21. The summed E-state index contributed by atoms with van der Waals surface area (Å²) in [6.45, 7) is 6.04. The Balaban J connectivity index is 0.00000139. The van der Waals surface area contributed by atoms with Crippen molar-refractivity contribution in [2.24, 2.45) is 0 Å². The van der Waals surface area contributed by atoms with Gasteiger partial charge in [0, 0.05) is 32.7 Å².